The minimum Gasteiger partial charge on any atom is -0.481 e. The maximum absolute atomic E-state index is 16.8. The van der Waals surface area contributed by atoms with Gasteiger partial charge in [0, 0.05) is 17.1 Å². The summed E-state index contributed by atoms with van der Waals surface area (Å²) < 4.78 is 18.9. The molecule has 3 saturated carbocycles. The molecule has 0 amide bonds. The van der Waals surface area contributed by atoms with E-state index < -0.39 is 29.3 Å². The molecule has 0 aliphatic heterocycles. The lowest BCUT2D eigenvalue weighted by Gasteiger charge is -2.47. The number of thiophene rings is 1. The molecular formula is C43H36ClFN6O2S. The molecule has 2 unspecified atom stereocenters. The van der Waals surface area contributed by atoms with E-state index in [1.54, 1.807) is 0 Å². The van der Waals surface area contributed by atoms with Gasteiger partial charge in [0.25, 0.3) is 0 Å². The van der Waals surface area contributed by atoms with Gasteiger partial charge in [-0.25, -0.2) is 24.3 Å². The average Bonchev–Trinajstić information content (AvgIpc) is 3.81. The zero-order valence-corrected chi connectivity index (χ0v) is 30.9. The van der Waals surface area contributed by atoms with Gasteiger partial charge < -0.3 is 15.0 Å². The van der Waals surface area contributed by atoms with Gasteiger partial charge in [0.15, 0.2) is 23.1 Å². The maximum atomic E-state index is 16.8. The Hall–Kier alpha value is -5.45. The van der Waals surface area contributed by atoms with Crippen LogP contribution in [0.2, 0.25) is 5.15 Å². The smallest absolute Gasteiger partial charge is 0.308 e. The summed E-state index contributed by atoms with van der Waals surface area (Å²) >= 11 is 8.03. The second kappa shape index (κ2) is 13.8. The molecule has 8 nitrogen and oxygen atoms in total. The summed E-state index contributed by atoms with van der Waals surface area (Å²) in [6, 6.07) is 34.0. The standard InChI is InChI=1S/C43H36ClFN6O2S/c1-25-17-22-32(54-25)38-35(45)40(48-36-27-20-18-26(19-21-27)34(36)42(52)53)50-39(49-38)31-24-51(41-37(31)47-33(44)23-46-41)43(28-11-5-2-6-12-28,29-13-7-3-8-14-29)30-15-9-4-10-16-30/h2-17,22-24,26-27,34,36H,18-21H2,1H3,(H,52,53)(H,48,49,50). The molecular weight excluding hydrogens is 719 g/mol. The minimum atomic E-state index is -0.951. The molecule has 2 bridgehead atoms. The molecule has 4 aromatic heterocycles. The van der Waals surface area contributed by atoms with Crippen molar-refractivity contribution in [2.24, 2.45) is 17.8 Å². The average molecular weight is 755 g/mol. The highest BCUT2D eigenvalue weighted by molar-refractivity contribution is 7.15. The summed E-state index contributed by atoms with van der Waals surface area (Å²) in [7, 11) is 0. The van der Waals surface area contributed by atoms with Crippen LogP contribution < -0.4 is 5.32 Å². The van der Waals surface area contributed by atoms with Crippen molar-refractivity contribution in [3.63, 3.8) is 0 Å². The largest absolute Gasteiger partial charge is 0.481 e. The number of fused-ring (bicyclic) bond motifs is 4. The van der Waals surface area contributed by atoms with Gasteiger partial charge in [-0.15, -0.1) is 11.3 Å². The quantitative estimate of drug-likeness (QED) is 0.141. The highest BCUT2D eigenvalue weighted by Crippen LogP contribution is 2.48. The summed E-state index contributed by atoms with van der Waals surface area (Å²) in [4.78, 5) is 33.8. The van der Waals surface area contributed by atoms with Crippen molar-refractivity contribution >= 4 is 45.9 Å². The SMILES string of the molecule is Cc1ccc(-c2nc(-c3cn(C(c4ccccc4)(c4ccccc4)c4ccccc4)c4ncc(Cl)nc34)nc(NC3C4CCC(CC4)C3C(=O)O)c2F)s1. The van der Waals surface area contributed by atoms with Gasteiger partial charge in [0.2, 0.25) is 0 Å². The van der Waals surface area contributed by atoms with E-state index in [9.17, 15) is 9.90 Å². The maximum Gasteiger partial charge on any atom is 0.308 e. The van der Waals surface area contributed by atoms with Crippen LogP contribution in [0.5, 0.6) is 0 Å². The van der Waals surface area contributed by atoms with Crippen LogP contribution in [0.3, 0.4) is 0 Å². The zero-order chi connectivity index (χ0) is 37.0. The van der Waals surface area contributed by atoms with E-state index in [2.05, 4.69) is 46.3 Å². The Labute approximate surface area is 320 Å². The van der Waals surface area contributed by atoms with Gasteiger partial charge in [-0.1, -0.05) is 103 Å². The first-order valence-electron chi connectivity index (χ1n) is 18.2. The van der Waals surface area contributed by atoms with Crippen LogP contribution >= 0.6 is 22.9 Å². The third-order valence-corrected chi connectivity index (χ3v) is 12.5. The number of aryl methyl sites for hydroxylation is 1. The number of anilines is 1. The van der Waals surface area contributed by atoms with E-state index in [1.165, 1.54) is 17.5 Å². The number of carboxylic acid groups (broad SMARTS) is 1. The van der Waals surface area contributed by atoms with E-state index >= 15 is 4.39 Å². The highest BCUT2D eigenvalue weighted by atomic mass is 35.5. The van der Waals surface area contributed by atoms with Crippen LogP contribution in [0, 0.1) is 30.5 Å². The predicted octanol–water partition coefficient (Wildman–Crippen LogP) is 9.86. The summed E-state index contributed by atoms with van der Waals surface area (Å²) in [6.45, 7) is 1.96. The molecule has 0 spiro atoms. The molecule has 3 aromatic carbocycles. The molecule has 3 fully saturated rings. The van der Waals surface area contributed by atoms with Crippen molar-refractivity contribution in [3.8, 4) is 22.0 Å². The second-order valence-electron chi connectivity index (χ2n) is 14.3. The predicted molar refractivity (Wildman–Crippen MR) is 210 cm³/mol. The van der Waals surface area contributed by atoms with Gasteiger partial charge in [0.1, 0.15) is 21.9 Å². The van der Waals surface area contributed by atoms with E-state index in [1.807, 2.05) is 79.9 Å². The van der Waals surface area contributed by atoms with Crippen LogP contribution in [-0.2, 0) is 10.3 Å². The fraction of sp³-hybridized carbons (Fsp3) is 0.233. The number of nitrogens with zero attached hydrogens (tertiary/aromatic N) is 5. The number of halogens is 2. The topological polar surface area (TPSA) is 106 Å². The van der Waals surface area contributed by atoms with E-state index in [4.69, 9.17) is 31.5 Å². The molecule has 54 heavy (non-hydrogen) atoms. The normalized spacial score (nSPS) is 19.6. The molecule has 0 radical (unpaired) electrons. The van der Waals surface area contributed by atoms with Crippen LogP contribution in [-0.4, -0.2) is 41.6 Å². The zero-order valence-electron chi connectivity index (χ0n) is 29.4. The minimum absolute atomic E-state index is 0.0267. The third kappa shape index (κ3) is 5.67. The van der Waals surface area contributed by atoms with Gasteiger partial charge in [-0.3, -0.25) is 4.79 Å². The number of nitrogens with one attached hydrogen (secondary N) is 1. The van der Waals surface area contributed by atoms with Gasteiger partial charge in [0.05, 0.1) is 22.6 Å². The first-order valence-corrected chi connectivity index (χ1v) is 19.4. The van der Waals surface area contributed by atoms with Gasteiger partial charge in [-0.05, 0) is 73.3 Å². The third-order valence-electron chi connectivity index (χ3n) is 11.3. The second-order valence-corrected chi connectivity index (χ2v) is 15.9. The monoisotopic (exact) mass is 754 g/mol. The Kier molecular flexibility index (Phi) is 8.74. The van der Waals surface area contributed by atoms with Crippen molar-refractivity contribution in [1.29, 1.82) is 0 Å². The molecule has 3 aliphatic rings. The summed E-state index contributed by atoms with van der Waals surface area (Å²) in [5, 5.41) is 13.9. The number of carboxylic acids is 1. The lowest BCUT2D eigenvalue weighted by molar-refractivity contribution is -0.148. The highest BCUT2D eigenvalue weighted by Gasteiger charge is 2.48. The fourth-order valence-electron chi connectivity index (χ4n) is 8.90. The number of aromatic nitrogens is 5. The van der Waals surface area contributed by atoms with Crippen molar-refractivity contribution in [2.75, 3.05) is 5.32 Å². The Morgan fingerprint density at radius 3 is 2.00 bits per heavy atom. The molecule has 4 heterocycles. The Morgan fingerprint density at radius 2 is 1.44 bits per heavy atom. The van der Waals surface area contributed by atoms with E-state index in [0.717, 1.165) is 47.3 Å². The van der Waals surface area contributed by atoms with E-state index in [-0.39, 0.29) is 34.3 Å². The lowest BCUT2D eigenvalue weighted by atomic mass is 9.61. The first-order chi connectivity index (χ1) is 26.3. The molecule has 270 valence electrons. The fourth-order valence-corrected chi connectivity index (χ4v) is 9.89. The number of hydrogen-bond donors (Lipinski definition) is 2. The Balaban J connectivity index is 1.32. The first kappa shape index (κ1) is 34.3. The molecule has 0 saturated heterocycles. The molecule has 3 aliphatic carbocycles. The van der Waals surface area contributed by atoms with Crippen molar-refractivity contribution < 1.29 is 14.3 Å². The number of carbonyl (C=O) groups is 1. The summed E-state index contributed by atoms with van der Waals surface area (Å²) in [6.07, 6.45) is 6.98. The van der Waals surface area contributed by atoms with Crippen LogP contribution in [0.4, 0.5) is 10.2 Å². The summed E-state index contributed by atoms with van der Waals surface area (Å²) in [5.74, 6) is -1.80. The summed E-state index contributed by atoms with van der Waals surface area (Å²) in [5.41, 5.74) is 3.59. The van der Waals surface area contributed by atoms with Crippen LogP contribution in [0.1, 0.15) is 47.3 Å². The van der Waals surface area contributed by atoms with Crippen LogP contribution in [0.25, 0.3) is 33.1 Å². The number of benzene rings is 3. The van der Waals surface area contributed by atoms with E-state index in [0.29, 0.717) is 21.6 Å². The number of aliphatic carboxylic acids is 1. The van der Waals surface area contributed by atoms with Crippen LogP contribution in [0.15, 0.2) is 116 Å². The number of hydrogen-bond acceptors (Lipinski definition) is 7. The van der Waals surface area contributed by atoms with Crippen molar-refractivity contribution in [1.82, 2.24) is 24.5 Å². The van der Waals surface area contributed by atoms with Gasteiger partial charge in [-0.2, -0.15) is 0 Å². The lowest BCUT2D eigenvalue weighted by Crippen LogP contribution is -2.51. The molecule has 11 heteroatoms. The van der Waals surface area contributed by atoms with Crippen molar-refractivity contribution in [3.05, 3.63) is 148 Å². The molecule has 7 aromatic rings. The Bertz CT molecular complexity index is 2390. The molecule has 10 rings (SSSR count). The molecule has 2 atom stereocenters. The van der Waals surface area contributed by atoms with Gasteiger partial charge >= 0.3 is 5.97 Å². The Morgan fingerprint density at radius 1 is 0.852 bits per heavy atom. The molecule has 2 N–H and O–H groups in total. The van der Waals surface area contributed by atoms with Crippen molar-refractivity contribution in [2.45, 2.75) is 44.2 Å². The number of rotatable bonds is 9.